The molecular weight excluding hydrogens is 286 g/mol. The van der Waals surface area contributed by atoms with Crippen molar-refractivity contribution in [1.29, 1.82) is 0 Å². The molecule has 1 unspecified atom stereocenters. The van der Waals surface area contributed by atoms with E-state index >= 15 is 0 Å². The van der Waals surface area contributed by atoms with Gasteiger partial charge < -0.3 is 5.73 Å². The molecule has 2 aromatic heterocycles. The van der Waals surface area contributed by atoms with Crippen LogP contribution in [0.25, 0.3) is 0 Å². The lowest BCUT2D eigenvalue weighted by molar-refractivity contribution is 0.561. The predicted octanol–water partition coefficient (Wildman–Crippen LogP) is 3.17. The van der Waals surface area contributed by atoms with Crippen LogP contribution >= 0.6 is 27.3 Å². The summed E-state index contributed by atoms with van der Waals surface area (Å²) in [5.41, 5.74) is 7.31. The van der Waals surface area contributed by atoms with Crippen LogP contribution < -0.4 is 5.73 Å². The summed E-state index contributed by atoms with van der Waals surface area (Å²) in [6.07, 6.45) is 2.88. The molecule has 2 aromatic rings. The van der Waals surface area contributed by atoms with Crippen molar-refractivity contribution in [3.63, 3.8) is 0 Å². The molecule has 2 heterocycles. The molecule has 0 fully saturated rings. The maximum absolute atomic E-state index is 6.23. The largest absolute Gasteiger partial charge is 0.318 e. The molecule has 0 aliphatic rings. The monoisotopic (exact) mass is 299 g/mol. The van der Waals surface area contributed by atoms with E-state index in [4.69, 9.17) is 5.73 Å². The summed E-state index contributed by atoms with van der Waals surface area (Å²) in [5, 5.41) is 4.29. The molecule has 0 saturated carbocycles. The third kappa shape index (κ3) is 2.36. The van der Waals surface area contributed by atoms with Crippen LogP contribution in [0.1, 0.15) is 30.0 Å². The summed E-state index contributed by atoms with van der Waals surface area (Å²) in [6.45, 7) is 3.06. The molecule has 0 saturated heterocycles. The first kappa shape index (κ1) is 11.8. The van der Waals surface area contributed by atoms with Gasteiger partial charge in [0.25, 0.3) is 0 Å². The first-order valence-corrected chi connectivity index (χ1v) is 6.86. The molecule has 0 spiro atoms. The molecule has 86 valence electrons. The van der Waals surface area contributed by atoms with Crippen LogP contribution in [0.4, 0.5) is 0 Å². The van der Waals surface area contributed by atoms with E-state index in [1.807, 2.05) is 23.0 Å². The molecule has 16 heavy (non-hydrogen) atoms. The van der Waals surface area contributed by atoms with E-state index in [1.54, 1.807) is 11.3 Å². The molecule has 0 bridgehead atoms. The minimum Gasteiger partial charge on any atom is -0.318 e. The van der Waals surface area contributed by atoms with Gasteiger partial charge in [-0.25, -0.2) is 0 Å². The first-order chi connectivity index (χ1) is 7.72. The smallest absolute Gasteiger partial charge is 0.0817 e. The van der Waals surface area contributed by atoms with Crippen molar-refractivity contribution in [1.82, 2.24) is 9.78 Å². The van der Waals surface area contributed by atoms with Crippen LogP contribution in [0.5, 0.6) is 0 Å². The summed E-state index contributed by atoms with van der Waals surface area (Å²) >= 11 is 5.12. The first-order valence-electron chi connectivity index (χ1n) is 5.25. The zero-order valence-corrected chi connectivity index (χ0v) is 11.5. The Morgan fingerprint density at radius 1 is 1.50 bits per heavy atom. The lowest BCUT2D eigenvalue weighted by Gasteiger charge is -2.12. The quantitative estimate of drug-likeness (QED) is 0.942. The van der Waals surface area contributed by atoms with E-state index in [2.05, 4.69) is 34.0 Å². The number of aryl methyl sites for hydroxylation is 1. The van der Waals surface area contributed by atoms with Crippen LogP contribution in [-0.4, -0.2) is 9.78 Å². The van der Waals surface area contributed by atoms with Gasteiger partial charge in [0.15, 0.2) is 0 Å². The van der Waals surface area contributed by atoms with Crippen molar-refractivity contribution in [2.45, 2.75) is 25.9 Å². The second kappa shape index (κ2) is 5.12. The summed E-state index contributed by atoms with van der Waals surface area (Å²) in [6, 6.07) is 6.00. The van der Waals surface area contributed by atoms with Gasteiger partial charge in [-0.2, -0.15) is 5.10 Å². The van der Waals surface area contributed by atoms with E-state index in [-0.39, 0.29) is 6.04 Å². The Morgan fingerprint density at radius 2 is 2.31 bits per heavy atom. The van der Waals surface area contributed by atoms with Crippen molar-refractivity contribution < 1.29 is 0 Å². The fourth-order valence-corrected chi connectivity index (χ4v) is 3.08. The van der Waals surface area contributed by atoms with E-state index in [0.29, 0.717) is 0 Å². The predicted molar refractivity (Wildman–Crippen MR) is 70.6 cm³/mol. The summed E-state index contributed by atoms with van der Waals surface area (Å²) in [4.78, 5) is 1.16. The Bertz CT molecular complexity index is 463. The highest BCUT2D eigenvalue weighted by molar-refractivity contribution is 9.11. The second-order valence-electron chi connectivity index (χ2n) is 3.60. The molecule has 0 amide bonds. The van der Waals surface area contributed by atoms with Gasteiger partial charge in [-0.15, -0.1) is 11.3 Å². The summed E-state index contributed by atoms with van der Waals surface area (Å²) in [5.74, 6) is 0. The normalized spacial score (nSPS) is 12.9. The Balaban J connectivity index is 2.26. The van der Waals surface area contributed by atoms with Crippen LogP contribution in [0.2, 0.25) is 0 Å². The van der Waals surface area contributed by atoms with Crippen molar-refractivity contribution in [2.75, 3.05) is 0 Å². The van der Waals surface area contributed by atoms with Crippen molar-refractivity contribution in [3.8, 4) is 0 Å². The van der Waals surface area contributed by atoms with Crippen LogP contribution in [0.15, 0.2) is 28.2 Å². The second-order valence-corrected chi connectivity index (χ2v) is 6.09. The minimum atomic E-state index is -0.0784. The zero-order valence-electron chi connectivity index (χ0n) is 9.06. The fraction of sp³-hybridized carbons (Fsp3) is 0.364. The van der Waals surface area contributed by atoms with Crippen LogP contribution in [0.3, 0.4) is 0 Å². The van der Waals surface area contributed by atoms with E-state index in [1.165, 1.54) is 0 Å². The molecule has 2 rings (SSSR count). The number of hydrogen-bond donors (Lipinski definition) is 1. The lowest BCUT2D eigenvalue weighted by Crippen LogP contribution is -2.16. The van der Waals surface area contributed by atoms with Gasteiger partial charge in [-0.05, 0) is 40.5 Å². The average Bonchev–Trinajstić information content (AvgIpc) is 2.87. The molecule has 0 radical (unpaired) electrons. The van der Waals surface area contributed by atoms with Gasteiger partial charge in [-0.1, -0.05) is 6.92 Å². The van der Waals surface area contributed by atoms with Gasteiger partial charge in [0.1, 0.15) is 0 Å². The van der Waals surface area contributed by atoms with Crippen molar-refractivity contribution in [2.24, 2.45) is 5.73 Å². The number of rotatable bonds is 4. The number of nitrogens with zero attached hydrogens (tertiary/aromatic N) is 2. The average molecular weight is 300 g/mol. The van der Waals surface area contributed by atoms with E-state index in [9.17, 15) is 0 Å². The van der Waals surface area contributed by atoms with Crippen LogP contribution in [-0.2, 0) is 6.54 Å². The van der Waals surface area contributed by atoms with E-state index in [0.717, 1.165) is 27.3 Å². The molecule has 0 aromatic carbocycles. The number of halogens is 1. The standard InChI is InChI=1S/C11H14BrN3S/c1-2-7-15-8(5-6-14-15)11(13)9-3-4-10(12)16-9/h3-6,11H,2,7,13H2,1H3. The highest BCUT2D eigenvalue weighted by atomic mass is 79.9. The third-order valence-corrected chi connectivity index (χ3v) is 4.11. The minimum absolute atomic E-state index is 0.0784. The van der Waals surface area contributed by atoms with Gasteiger partial charge >= 0.3 is 0 Å². The fourth-order valence-electron chi connectivity index (χ4n) is 1.65. The van der Waals surface area contributed by atoms with Gasteiger partial charge in [0, 0.05) is 17.6 Å². The Hall–Kier alpha value is -0.650. The molecule has 0 aliphatic heterocycles. The maximum atomic E-state index is 6.23. The van der Waals surface area contributed by atoms with Gasteiger partial charge in [0.05, 0.1) is 15.5 Å². The molecule has 0 aliphatic carbocycles. The SMILES string of the molecule is CCCn1nccc1C(N)c1ccc(Br)s1. The Morgan fingerprint density at radius 3 is 2.94 bits per heavy atom. The van der Waals surface area contributed by atoms with Crippen LogP contribution in [0, 0.1) is 0 Å². The van der Waals surface area contributed by atoms with E-state index < -0.39 is 0 Å². The highest BCUT2D eigenvalue weighted by Crippen LogP contribution is 2.29. The third-order valence-electron chi connectivity index (χ3n) is 2.40. The molecule has 2 N–H and O–H groups in total. The number of aromatic nitrogens is 2. The maximum Gasteiger partial charge on any atom is 0.0817 e. The zero-order chi connectivity index (χ0) is 11.5. The Kier molecular flexibility index (Phi) is 3.78. The number of nitrogens with two attached hydrogens (primary N) is 1. The molecular formula is C11H14BrN3S. The Labute approximate surface area is 107 Å². The van der Waals surface area contributed by atoms with Gasteiger partial charge in [-0.3, -0.25) is 4.68 Å². The van der Waals surface area contributed by atoms with Crippen molar-refractivity contribution in [3.05, 3.63) is 38.8 Å². The lowest BCUT2D eigenvalue weighted by atomic mass is 10.2. The highest BCUT2D eigenvalue weighted by Gasteiger charge is 2.15. The molecule has 5 heteroatoms. The summed E-state index contributed by atoms with van der Waals surface area (Å²) < 4.78 is 3.10. The molecule has 1 atom stereocenters. The van der Waals surface area contributed by atoms with Crippen molar-refractivity contribution >= 4 is 27.3 Å². The van der Waals surface area contributed by atoms with Gasteiger partial charge in [0.2, 0.25) is 0 Å². The topological polar surface area (TPSA) is 43.8 Å². The number of hydrogen-bond acceptors (Lipinski definition) is 3. The summed E-state index contributed by atoms with van der Waals surface area (Å²) in [7, 11) is 0. The molecule has 3 nitrogen and oxygen atoms in total. The number of thiophene rings is 1.